The Hall–Kier alpha value is -1.43. The molecule has 1 rings (SSSR count). The highest BCUT2D eigenvalue weighted by Crippen LogP contribution is 2.15. The molecule has 0 aromatic rings. The Balaban J connectivity index is 2.85. The molecular formula is C8H11NO5. The summed E-state index contributed by atoms with van der Waals surface area (Å²) in [4.78, 5) is 33.7. The van der Waals surface area contributed by atoms with E-state index in [1.165, 1.54) is 0 Å². The second-order valence-corrected chi connectivity index (χ2v) is 3.05. The number of carbonyl (C=O) groups is 3. The Bertz CT molecular complexity index is 259. The van der Waals surface area contributed by atoms with E-state index in [0.29, 0.717) is 11.3 Å². The van der Waals surface area contributed by atoms with Crippen LogP contribution in [0.2, 0.25) is 0 Å². The number of likely N-dealkylation sites (tertiary alicyclic amines) is 1. The van der Waals surface area contributed by atoms with E-state index in [4.69, 9.17) is 10.2 Å². The van der Waals surface area contributed by atoms with E-state index in [9.17, 15) is 14.4 Å². The summed E-state index contributed by atoms with van der Waals surface area (Å²) in [5.41, 5.74) is 0. The summed E-state index contributed by atoms with van der Waals surface area (Å²) in [5, 5.41) is 17.4. The van der Waals surface area contributed by atoms with Crippen LogP contribution in [0, 0.1) is 0 Å². The van der Waals surface area contributed by atoms with Gasteiger partial charge in [-0.3, -0.25) is 14.5 Å². The predicted octanol–water partition coefficient (Wildman–Crippen LogP) is -1.03. The number of aliphatic hydroxyl groups excluding tert-OH is 1. The highest BCUT2D eigenvalue weighted by molar-refractivity contribution is 6.01. The molecule has 0 bridgehead atoms. The number of carboxylic acids is 1. The van der Waals surface area contributed by atoms with Crippen molar-refractivity contribution in [2.24, 2.45) is 0 Å². The molecule has 1 unspecified atom stereocenters. The molecule has 14 heavy (non-hydrogen) atoms. The van der Waals surface area contributed by atoms with Crippen molar-refractivity contribution in [2.75, 3.05) is 6.61 Å². The topological polar surface area (TPSA) is 94.9 Å². The maximum absolute atomic E-state index is 11.2. The number of nitrogens with zero attached hydrogens (tertiary/aromatic N) is 1. The van der Waals surface area contributed by atoms with Crippen molar-refractivity contribution < 1.29 is 24.6 Å². The van der Waals surface area contributed by atoms with Crippen LogP contribution in [-0.4, -0.2) is 45.5 Å². The summed E-state index contributed by atoms with van der Waals surface area (Å²) in [6.45, 7) is -0.743. The van der Waals surface area contributed by atoms with Gasteiger partial charge in [-0.1, -0.05) is 0 Å². The smallest absolute Gasteiger partial charge is 0.329 e. The van der Waals surface area contributed by atoms with Crippen LogP contribution in [-0.2, 0) is 14.4 Å². The number of aliphatic hydroxyl groups is 1. The van der Waals surface area contributed by atoms with Gasteiger partial charge in [-0.2, -0.15) is 0 Å². The van der Waals surface area contributed by atoms with E-state index in [2.05, 4.69) is 0 Å². The van der Waals surface area contributed by atoms with E-state index in [1.54, 1.807) is 0 Å². The Morgan fingerprint density at radius 1 is 1.36 bits per heavy atom. The first-order valence-electron chi connectivity index (χ1n) is 4.26. The summed E-state index contributed by atoms with van der Waals surface area (Å²) in [5.74, 6) is -2.42. The van der Waals surface area contributed by atoms with E-state index < -0.39 is 30.4 Å². The Kier molecular flexibility index (Phi) is 3.19. The Morgan fingerprint density at radius 3 is 2.21 bits per heavy atom. The van der Waals surface area contributed by atoms with Crippen molar-refractivity contribution in [1.82, 2.24) is 4.90 Å². The fourth-order valence-corrected chi connectivity index (χ4v) is 1.39. The molecule has 2 amide bonds. The lowest BCUT2D eigenvalue weighted by atomic mass is 10.1. The fourth-order valence-electron chi connectivity index (χ4n) is 1.39. The molecule has 1 atom stereocenters. The van der Waals surface area contributed by atoms with Crippen LogP contribution in [0.5, 0.6) is 0 Å². The normalized spacial score (nSPS) is 19.6. The minimum Gasteiger partial charge on any atom is -0.480 e. The molecule has 6 nitrogen and oxygen atoms in total. The number of imide groups is 1. The Morgan fingerprint density at radius 2 is 1.86 bits per heavy atom. The second-order valence-electron chi connectivity index (χ2n) is 3.05. The zero-order valence-electron chi connectivity index (χ0n) is 7.47. The molecule has 6 heteroatoms. The van der Waals surface area contributed by atoms with Crippen molar-refractivity contribution in [3.8, 4) is 0 Å². The fraction of sp³-hybridized carbons (Fsp3) is 0.625. The molecule has 1 heterocycles. The van der Waals surface area contributed by atoms with Gasteiger partial charge in [0.05, 0.1) is 6.61 Å². The lowest BCUT2D eigenvalue weighted by Gasteiger charge is -2.28. The van der Waals surface area contributed by atoms with Crippen LogP contribution < -0.4 is 0 Å². The molecule has 1 fully saturated rings. The SMILES string of the molecule is O=C(O)C(CO)N1C(=O)CCCC1=O. The van der Waals surface area contributed by atoms with Gasteiger partial charge >= 0.3 is 5.97 Å². The third-order valence-corrected chi connectivity index (χ3v) is 2.09. The quantitative estimate of drug-likeness (QED) is 0.569. The van der Waals surface area contributed by atoms with Crippen LogP contribution in [0.3, 0.4) is 0 Å². The van der Waals surface area contributed by atoms with Gasteiger partial charge in [-0.25, -0.2) is 4.79 Å². The first-order chi connectivity index (χ1) is 6.57. The maximum Gasteiger partial charge on any atom is 0.329 e. The van der Waals surface area contributed by atoms with Gasteiger partial charge in [-0.15, -0.1) is 0 Å². The van der Waals surface area contributed by atoms with Gasteiger partial charge in [0.2, 0.25) is 11.8 Å². The molecule has 0 aromatic heterocycles. The van der Waals surface area contributed by atoms with Crippen LogP contribution >= 0.6 is 0 Å². The molecule has 0 radical (unpaired) electrons. The summed E-state index contributed by atoms with van der Waals surface area (Å²) in [6, 6.07) is -1.43. The minimum absolute atomic E-state index is 0.162. The minimum atomic E-state index is -1.43. The molecule has 2 N–H and O–H groups in total. The summed E-state index contributed by atoms with van der Waals surface area (Å²) in [6.07, 6.45) is 0.775. The van der Waals surface area contributed by atoms with Crippen molar-refractivity contribution >= 4 is 17.8 Å². The monoisotopic (exact) mass is 201 g/mol. The van der Waals surface area contributed by atoms with Gasteiger partial charge in [0.1, 0.15) is 0 Å². The lowest BCUT2D eigenvalue weighted by molar-refractivity contribution is -0.161. The molecular weight excluding hydrogens is 190 g/mol. The maximum atomic E-state index is 11.2. The van der Waals surface area contributed by atoms with Crippen molar-refractivity contribution in [3.63, 3.8) is 0 Å². The average molecular weight is 201 g/mol. The molecule has 1 aliphatic rings. The summed E-state index contributed by atoms with van der Waals surface area (Å²) < 4.78 is 0. The van der Waals surface area contributed by atoms with Crippen LogP contribution in [0.25, 0.3) is 0 Å². The lowest BCUT2D eigenvalue weighted by Crippen LogP contribution is -2.52. The highest BCUT2D eigenvalue weighted by Gasteiger charge is 2.36. The van der Waals surface area contributed by atoms with Gasteiger partial charge in [0.15, 0.2) is 6.04 Å². The van der Waals surface area contributed by atoms with Gasteiger partial charge < -0.3 is 10.2 Å². The van der Waals surface area contributed by atoms with E-state index >= 15 is 0 Å². The zero-order chi connectivity index (χ0) is 10.7. The average Bonchev–Trinajstić information content (AvgIpc) is 2.10. The third-order valence-electron chi connectivity index (χ3n) is 2.09. The molecule has 0 aliphatic carbocycles. The number of hydrogen-bond donors (Lipinski definition) is 2. The summed E-state index contributed by atoms with van der Waals surface area (Å²) >= 11 is 0. The van der Waals surface area contributed by atoms with Crippen molar-refractivity contribution in [1.29, 1.82) is 0 Å². The van der Waals surface area contributed by atoms with Crippen molar-refractivity contribution in [3.05, 3.63) is 0 Å². The molecule has 1 aliphatic heterocycles. The highest BCUT2D eigenvalue weighted by atomic mass is 16.4. The zero-order valence-corrected chi connectivity index (χ0v) is 7.47. The van der Waals surface area contributed by atoms with E-state index in [1.807, 2.05) is 0 Å². The number of amides is 2. The Labute approximate surface area is 80.1 Å². The first-order valence-corrected chi connectivity index (χ1v) is 4.26. The number of carbonyl (C=O) groups excluding carboxylic acids is 2. The van der Waals surface area contributed by atoms with Gasteiger partial charge in [0.25, 0.3) is 0 Å². The molecule has 78 valence electrons. The third kappa shape index (κ3) is 1.90. The van der Waals surface area contributed by atoms with Gasteiger partial charge in [-0.05, 0) is 6.42 Å². The molecule has 0 aromatic carbocycles. The molecule has 0 saturated carbocycles. The molecule has 1 saturated heterocycles. The number of rotatable bonds is 3. The van der Waals surface area contributed by atoms with E-state index in [-0.39, 0.29) is 12.8 Å². The predicted molar refractivity (Wildman–Crippen MR) is 44.2 cm³/mol. The van der Waals surface area contributed by atoms with Crippen molar-refractivity contribution in [2.45, 2.75) is 25.3 Å². The standard InChI is InChI=1S/C8H11NO5/c10-4-5(8(13)14)9-6(11)2-1-3-7(9)12/h5,10H,1-4H2,(H,13,14). The van der Waals surface area contributed by atoms with Crippen LogP contribution in [0.1, 0.15) is 19.3 Å². The molecule has 0 spiro atoms. The number of hydrogen-bond acceptors (Lipinski definition) is 4. The number of carboxylic acid groups (broad SMARTS) is 1. The van der Waals surface area contributed by atoms with E-state index in [0.717, 1.165) is 0 Å². The van der Waals surface area contributed by atoms with Crippen LogP contribution in [0.15, 0.2) is 0 Å². The van der Waals surface area contributed by atoms with Crippen LogP contribution in [0.4, 0.5) is 0 Å². The number of piperidine rings is 1. The first kappa shape index (κ1) is 10.6. The summed E-state index contributed by atoms with van der Waals surface area (Å²) in [7, 11) is 0. The van der Waals surface area contributed by atoms with Gasteiger partial charge in [0, 0.05) is 12.8 Å². The largest absolute Gasteiger partial charge is 0.480 e. The second kappa shape index (κ2) is 4.19. The number of aliphatic carboxylic acids is 1.